The van der Waals surface area contributed by atoms with E-state index in [4.69, 9.17) is 9.26 Å². The molecule has 1 amide bonds. The Morgan fingerprint density at radius 3 is 2.74 bits per heavy atom. The normalized spacial score (nSPS) is 15.6. The van der Waals surface area contributed by atoms with E-state index in [1.807, 2.05) is 36.4 Å². The number of aryl methyl sites for hydroxylation is 2. The number of aliphatic imine (C=N–C) groups is 1. The Morgan fingerprint density at radius 1 is 1.10 bits per heavy atom. The van der Waals surface area contributed by atoms with E-state index < -0.39 is 5.92 Å². The number of methoxy groups -OCH3 is 1. The van der Waals surface area contributed by atoms with Crippen LogP contribution < -0.4 is 4.74 Å². The standard InChI is InChI=1S/C24H20N4O3/c1-30-16-10-8-15(9-11-16)22-18(17-5-2-3-7-20(17)26-22)12-13-21-27-23(28-31-21)19-6-4-14-25-24(19)29/h2-11,14,19,26H,12-13H2,1H3. The first-order valence-electron chi connectivity index (χ1n) is 10.0. The van der Waals surface area contributed by atoms with E-state index in [-0.39, 0.29) is 5.91 Å². The van der Waals surface area contributed by atoms with Crippen molar-refractivity contribution >= 4 is 23.0 Å². The molecule has 1 atom stereocenters. The number of rotatable bonds is 6. The molecule has 3 heterocycles. The van der Waals surface area contributed by atoms with E-state index in [1.54, 1.807) is 19.3 Å². The number of benzene rings is 2. The number of dihydropyridines is 1. The number of para-hydroxylation sites is 1. The topological polar surface area (TPSA) is 93.4 Å². The van der Waals surface area contributed by atoms with Crippen LogP contribution in [-0.4, -0.2) is 34.4 Å². The largest absolute Gasteiger partial charge is 0.497 e. The monoisotopic (exact) mass is 412 g/mol. The number of carbonyl (C=O) groups excluding carboxylic acids is 1. The van der Waals surface area contributed by atoms with Gasteiger partial charge in [0.1, 0.15) is 11.7 Å². The SMILES string of the molecule is COc1ccc(-c2[nH]c3ccccc3c2CCc2nc(C3C=CC=NC3=O)no2)cc1. The van der Waals surface area contributed by atoms with E-state index >= 15 is 0 Å². The van der Waals surface area contributed by atoms with Crippen molar-refractivity contribution < 1.29 is 14.1 Å². The molecule has 154 valence electrons. The lowest BCUT2D eigenvalue weighted by Gasteiger charge is -2.06. The average molecular weight is 412 g/mol. The second kappa shape index (κ2) is 8.02. The highest BCUT2D eigenvalue weighted by Crippen LogP contribution is 2.32. The first-order chi connectivity index (χ1) is 15.2. The maximum Gasteiger partial charge on any atom is 0.260 e. The highest BCUT2D eigenvalue weighted by Gasteiger charge is 2.24. The summed E-state index contributed by atoms with van der Waals surface area (Å²) < 4.78 is 10.7. The summed E-state index contributed by atoms with van der Waals surface area (Å²) in [6.07, 6.45) is 6.18. The molecule has 1 aliphatic rings. The minimum Gasteiger partial charge on any atom is -0.497 e. The van der Waals surface area contributed by atoms with Crippen LogP contribution in [0.1, 0.15) is 23.2 Å². The summed E-state index contributed by atoms with van der Waals surface area (Å²) in [5, 5.41) is 5.16. The zero-order valence-electron chi connectivity index (χ0n) is 16.9. The number of carbonyl (C=O) groups is 1. The van der Waals surface area contributed by atoms with E-state index in [2.05, 4.69) is 32.2 Å². The van der Waals surface area contributed by atoms with Crippen LogP contribution in [0.2, 0.25) is 0 Å². The zero-order chi connectivity index (χ0) is 21.2. The second-order valence-corrected chi connectivity index (χ2v) is 7.28. The van der Waals surface area contributed by atoms with Crippen LogP contribution in [0.5, 0.6) is 5.75 Å². The van der Waals surface area contributed by atoms with Crippen molar-refractivity contribution in [1.29, 1.82) is 0 Å². The van der Waals surface area contributed by atoms with Gasteiger partial charge in [-0.15, -0.1) is 0 Å². The number of nitrogens with zero attached hydrogens (tertiary/aromatic N) is 3. The molecule has 0 radical (unpaired) electrons. The summed E-state index contributed by atoms with van der Waals surface area (Å²) in [6, 6.07) is 16.2. The van der Waals surface area contributed by atoms with Gasteiger partial charge in [0.15, 0.2) is 5.82 Å². The van der Waals surface area contributed by atoms with Crippen molar-refractivity contribution in [2.24, 2.45) is 4.99 Å². The average Bonchev–Trinajstić information content (AvgIpc) is 3.43. The molecule has 4 aromatic rings. The number of hydrogen-bond acceptors (Lipinski definition) is 5. The molecule has 5 rings (SSSR count). The van der Waals surface area contributed by atoms with Crippen LogP contribution in [0.3, 0.4) is 0 Å². The van der Waals surface area contributed by atoms with Crippen LogP contribution in [-0.2, 0) is 17.6 Å². The maximum atomic E-state index is 12.0. The molecule has 2 aromatic carbocycles. The fourth-order valence-electron chi connectivity index (χ4n) is 3.83. The minimum absolute atomic E-state index is 0.284. The first-order valence-corrected chi connectivity index (χ1v) is 10.0. The smallest absolute Gasteiger partial charge is 0.260 e. The van der Waals surface area contributed by atoms with Gasteiger partial charge < -0.3 is 14.2 Å². The van der Waals surface area contributed by atoms with E-state index in [1.165, 1.54) is 11.8 Å². The van der Waals surface area contributed by atoms with Crippen LogP contribution >= 0.6 is 0 Å². The van der Waals surface area contributed by atoms with Crippen molar-refractivity contribution in [3.63, 3.8) is 0 Å². The van der Waals surface area contributed by atoms with E-state index in [0.717, 1.165) is 27.9 Å². The van der Waals surface area contributed by atoms with Gasteiger partial charge in [-0.3, -0.25) is 4.79 Å². The number of hydrogen-bond donors (Lipinski definition) is 1. The van der Waals surface area contributed by atoms with Gasteiger partial charge in [0, 0.05) is 29.2 Å². The fraction of sp³-hybridized carbons (Fsp3) is 0.167. The number of aromatic nitrogens is 3. The number of ether oxygens (including phenoxy) is 1. The summed E-state index contributed by atoms with van der Waals surface area (Å²) in [5.74, 6) is 0.799. The van der Waals surface area contributed by atoms with Gasteiger partial charge in [0.25, 0.3) is 5.91 Å². The number of H-pyrrole nitrogens is 1. The predicted octanol–water partition coefficient (Wildman–Crippen LogP) is 4.26. The summed E-state index contributed by atoms with van der Waals surface area (Å²) in [7, 11) is 1.66. The molecule has 0 saturated carbocycles. The Hall–Kier alpha value is -4.00. The summed E-state index contributed by atoms with van der Waals surface area (Å²) >= 11 is 0. The first kappa shape index (κ1) is 19.0. The Kier molecular flexibility index (Phi) is 4.92. The number of aromatic amines is 1. The van der Waals surface area contributed by atoms with Gasteiger partial charge in [-0.05, 0) is 54.0 Å². The van der Waals surface area contributed by atoms with Gasteiger partial charge >= 0.3 is 0 Å². The highest BCUT2D eigenvalue weighted by molar-refractivity contribution is 5.97. The molecule has 7 nitrogen and oxygen atoms in total. The Labute approximate surface area is 178 Å². The third-order valence-electron chi connectivity index (χ3n) is 5.40. The molecule has 0 bridgehead atoms. The lowest BCUT2D eigenvalue weighted by Crippen LogP contribution is -2.12. The minimum atomic E-state index is -0.578. The fourth-order valence-corrected chi connectivity index (χ4v) is 3.83. The molecule has 2 aromatic heterocycles. The molecule has 0 fully saturated rings. The van der Waals surface area contributed by atoms with Crippen LogP contribution in [0.25, 0.3) is 22.2 Å². The highest BCUT2D eigenvalue weighted by atomic mass is 16.5. The van der Waals surface area contributed by atoms with Crippen molar-refractivity contribution in [3.05, 3.63) is 78.0 Å². The van der Waals surface area contributed by atoms with E-state index in [9.17, 15) is 4.79 Å². The number of fused-ring (bicyclic) bond motifs is 1. The molecule has 0 saturated heterocycles. The quantitative estimate of drug-likeness (QED) is 0.511. The lowest BCUT2D eigenvalue weighted by molar-refractivity contribution is -0.118. The van der Waals surface area contributed by atoms with Crippen molar-refractivity contribution in [2.45, 2.75) is 18.8 Å². The Morgan fingerprint density at radius 2 is 1.94 bits per heavy atom. The molecule has 0 aliphatic carbocycles. The van der Waals surface area contributed by atoms with Crippen LogP contribution in [0, 0.1) is 0 Å². The molecule has 1 N–H and O–H groups in total. The van der Waals surface area contributed by atoms with Gasteiger partial charge in [0.05, 0.1) is 7.11 Å². The lowest BCUT2D eigenvalue weighted by atomic mass is 10.0. The number of amides is 1. The third-order valence-corrected chi connectivity index (χ3v) is 5.40. The van der Waals surface area contributed by atoms with Crippen molar-refractivity contribution in [2.75, 3.05) is 7.11 Å². The zero-order valence-corrected chi connectivity index (χ0v) is 16.9. The van der Waals surface area contributed by atoms with Gasteiger partial charge in [-0.1, -0.05) is 29.4 Å². The van der Waals surface area contributed by atoms with Gasteiger partial charge in [-0.25, -0.2) is 4.99 Å². The van der Waals surface area contributed by atoms with Gasteiger partial charge in [0.2, 0.25) is 5.89 Å². The summed E-state index contributed by atoms with van der Waals surface area (Å²) in [4.78, 5) is 23.7. The van der Waals surface area contributed by atoms with Crippen LogP contribution in [0.15, 0.2) is 70.2 Å². The number of allylic oxidation sites excluding steroid dienone is 1. The molecule has 1 unspecified atom stereocenters. The molecule has 31 heavy (non-hydrogen) atoms. The number of nitrogens with one attached hydrogen (secondary N) is 1. The maximum absolute atomic E-state index is 12.0. The molecule has 1 aliphatic heterocycles. The van der Waals surface area contributed by atoms with E-state index in [0.29, 0.717) is 24.6 Å². The Balaban J connectivity index is 1.43. The third kappa shape index (κ3) is 3.66. The molecular weight excluding hydrogens is 392 g/mol. The second-order valence-electron chi connectivity index (χ2n) is 7.28. The summed E-state index contributed by atoms with van der Waals surface area (Å²) in [5.41, 5.74) is 4.39. The molecular formula is C24H20N4O3. The van der Waals surface area contributed by atoms with Gasteiger partial charge in [-0.2, -0.15) is 4.98 Å². The van der Waals surface area contributed by atoms with Crippen LogP contribution in [0.4, 0.5) is 0 Å². The molecule has 0 spiro atoms. The van der Waals surface area contributed by atoms with Crippen molar-refractivity contribution in [1.82, 2.24) is 15.1 Å². The Bertz CT molecular complexity index is 1300. The summed E-state index contributed by atoms with van der Waals surface area (Å²) in [6.45, 7) is 0. The predicted molar refractivity (Wildman–Crippen MR) is 117 cm³/mol. The molecule has 7 heteroatoms. The van der Waals surface area contributed by atoms with Crippen molar-refractivity contribution in [3.8, 4) is 17.0 Å².